The van der Waals surface area contributed by atoms with E-state index in [0.717, 1.165) is 49.7 Å². The second-order valence-electron chi connectivity index (χ2n) is 7.70. The van der Waals surface area contributed by atoms with Gasteiger partial charge in [0.05, 0.1) is 10.2 Å². The number of hydrogen-bond acceptors (Lipinski definition) is 4. The molecular formula is C22H34ClN3OS. The van der Waals surface area contributed by atoms with E-state index in [1.807, 2.05) is 4.90 Å². The highest BCUT2D eigenvalue weighted by Gasteiger charge is 2.29. The van der Waals surface area contributed by atoms with Gasteiger partial charge in [0.25, 0.3) is 0 Å². The molecule has 1 aromatic heterocycles. The number of rotatable bonds is 7. The number of aromatic nitrogens is 1. The largest absolute Gasteiger partial charge is 0.302 e. The summed E-state index contributed by atoms with van der Waals surface area (Å²) in [7, 11) is 0. The molecule has 156 valence electrons. The van der Waals surface area contributed by atoms with Gasteiger partial charge in [0, 0.05) is 19.0 Å². The van der Waals surface area contributed by atoms with E-state index in [2.05, 4.69) is 44.7 Å². The Balaban J connectivity index is 0.00000280. The second-order valence-corrected chi connectivity index (χ2v) is 8.71. The van der Waals surface area contributed by atoms with Crippen LogP contribution in [0.2, 0.25) is 0 Å². The van der Waals surface area contributed by atoms with Gasteiger partial charge in [-0.15, -0.1) is 12.4 Å². The number of fused-ring (bicyclic) bond motifs is 1. The highest BCUT2D eigenvalue weighted by Crippen LogP contribution is 2.34. The molecule has 1 aliphatic carbocycles. The van der Waals surface area contributed by atoms with Crippen molar-refractivity contribution in [3.63, 3.8) is 0 Å². The summed E-state index contributed by atoms with van der Waals surface area (Å²) in [5.74, 6) is 0.459. The van der Waals surface area contributed by atoms with Crippen molar-refractivity contribution in [3.8, 4) is 0 Å². The quantitative estimate of drug-likeness (QED) is 0.582. The molecule has 4 nitrogen and oxygen atoms in total. The third kappa shape index (κ3) is 5.05. The average molecular weight is 424 g/mol. The first-order chi connectivity index (χ1) is 13.0. The van der Waals surface area contributed by atoms with Gasteiger partial charge >= 0.3 is 0 Å². The normalized spacial score (nSPS) is 15.0. The minimum atomic E-state index is 0. The highest BCUT2D eigenvalue weighted by atomic mass is 35.5. The van der Waals surface area contributed by atoms with E-state index < -0.39 is 0 Å². The molecule has 0 atom stereocenters. The zero-order chi connectivity index (χ0) is 19.4. The van der Waals surface area contributed by atoms with Gasteiger partial charge in [-0.3, -0.25) is 9.69 Å². The summed E-state index contributed by atoms with van der Waals surface area (Å²) in [5.41, 5.74) is 3.54. The summed E-state index contributed by atoms with van der Waals surface area (Å²) in [5, 5.41) is 0.876. The van der Waals surface area contributed by atoms with Gasteiger partial charge in [-0.1, -0.05) is 50.5 Å². The van der Waals surface area contributed by atoms with E-state index in [1.54, 1.807) is 11.3 Å². The second kappa shape index (κ2) is 10.6. The molecule has 1 amide bonds. The molecule has 0 bridgehead atoms. The van der Waals surface area contributed by atoms with E-state index >= 15 is 0 Å². The Morgan fingerprint density at radius 3 is 2.43 bits per heavy atom. The maximum Gasteiger partial charge on any atom is 0.231 e. The van der Waals surface area contributed by atoms with Crippen LogP contribution >= 0.6 is 23.7 Å². The lowest BCUT2D eigenvalue weighted by atomic mass is 9.88. The molecule has 1 aliphatic rings. The van der Waals surface area contributed by atoms with Crippen molar-refractivity contribution in [1.82, 2.24) is 9.88 Å². The molecular weight excluding hydrogens is 390 g/mol. The summed E-state index contributed by atoms with van der Waals surface area (Å²) < 4.78 is 1.18. The van der Waals surface area contributed by atoms with Gasteiger partial charge in [0.15, 0.2) is 5.13 Å². The number of halogens is 1. The molecule has 0 spiro atoms. The van der Waals surface area contributed by atoms with Crippen molar-refractivity contribution < 1.29 is 4.79 Å². The maximum absolute atomic E-state index is 13.4. The van der Waals surface area contributed by atoms with E-state index in [0.29, 0.717) is 0 Å². The van der Waals surface area contributed by atoms with Crippen molar-refractivity contribution >= 4 is 45.0 Å². The number of nitrogens with zero attached hydrogens (tertiary/aromatic N) is 3. The smallest absolute Gasteiger partial charge is 0.231 e. The molecule has 3 rings (SSSR count). The van der Waals surface area contributed by atoms with E-state index in [4.69, 9.17) is 4.98 Å². The topological polar surface area (TPSA) is 36.4 Å². The molecule has 0 aliphatic heterocycles. The number of carbonyl (C=O) groups is 1. The number of anilines is 1. The average Bonchev–Trinajstić information content (AvgIpc) is 3.13. The van der Waals surface area contributed by atoms with Crippen molar-refractivity contribution in [2.75, 3.05) is 31.1 Å². The van der Waals surface area contributed by atoms with Gasteiger partial charge in [-0.25, -0.2) is 4.98 Å². The lowest BCUT2D eigenvalue weighted by Crippen LogP contribution is -2.42. The number of likely N-dealkylation sites (N-methyl/N-ethyl adjacent to an activating group) is 1. The molecule has 1 heterocycles. The molecule has 0 unspecified atom stereocenters. The highest BCUT2D eigenvalue weighted by molar-refractivity contribution is 7.22. The Hall–Kier alpha value is -1.17. The zero-order valence-corrected chi connectivity index (χ0v) is 19.3. The number of benzene rings is 1. The van der Waals surface area contributed by atoms with Gasteiger partial charge in [0.2, 0.25) is 5.91 Å². The van der Waals surface area contributed by atoms with Crippen LogP contribution in [0.5, 0.6) is 0 Å². The predicted octanol–water partition coefficient (Wildman–Crippen LogP) is 5.59. The van der Waals surface area contributed by atoms with Crippen LogP contribution in [-0.4, -0.2) is 42.0 Å². The van der Waals surface area contributed by atoms with Crippen LogP contribution in [0.15, 0.2) is 12.1 Å². The number of amides is 1. The molecule has 0 N–H and O–H groups in total. The van der Waals surface area contributed by atoms with Crippen LogP contribution in [0.3, 0.4) is 0 Å². The van der Waals surface area contributed by atoms with Crippen LogP contribution in [0.25, 0.3) is 10.2 Å². The van der Waals surface area contributed by atoms with E-state index in [1.165, 1.54) is 35.1 Å². The summed E-state index contributed by atoms with van der Waals surface area (Å²) in [6, 6.07) is 4.30. The maximum atomic E-state index is 13.4. The molecule has 0 saturated heterocycles. The van der Waals surface area contributed by atoms with Gasteiger partial charge in [-0.2, -0.15) is 0 Å². The summed E-state index contributed by atoms with van der Waals surface area (Å²) >= 11 is 1.66. The number of aryl methyl sites for hydroxylation is 2. The minimum Gasteiger partial charge on any atom is -0.302 e. The SMILES string of the molecule is CCN(CC)CCN(C(=O)C1CCCCC1)c1nc2c(C)c(C)ccc2s1.Cl. The van der Waals surface area contributed by atoms with Crippen molar-refractivity contribution in [1.29, 1.82) is 0 Å². The van der Waals surface area contributed by atoms with Crippen LogP contribution in [-0.2, 0) is 4.79 Å². The first kappa shape index (κ1) is 23.1. The van der Waals surface area contributed by atoms with Gasteiger partial charge in [-0.05, 0) is 57.0 Å². The molecule has 1 aromatic carbocycles. The zero-order valence-electron chi connectivity index (χ0n) is 17.7. The number of thiazole rings is 1. The predicted molar refractivity (Wildman–Crippen MR) is 123 cm³/mol. The van der Waals surface area contributed by atoms with Crippen molar-refractivity contribution in [3.05, 3.63) is 23.3 Å². The first-order valence-electron chi connectivity index (χ1n) is 10.5. The molecule has 2 aromatic rings. The Morgan fingerprint density at radius 1 is 1.11 bits per heavy atom. The Labute approximate surface area is 179 Å². The van der Waals surface area contributed by atoms with Crippen molar-refractivity contribution in [2.45, 2.75) is 59.8 Å². The Bertz CT molecular complexity index is 781. The minimum absolute atomic E-state index is 0. The monoisotopic (exact) mass is 423 g/mol. The molecule has 1 saturated carbocycles. The molecule has 6 heteroatoms. The van der Waals surface area contributed by atoms with Gasteiger partial charge in [0.1, 0.15) is 0 Å². The third-order valence-electron chi connectivity index (χ3n) is 6.06. The third-order valence-corrected chi connectivity index (χ3v) is 7.10. The lowest BCUT2D eigenvalue weighted by molar-refractivity contribution is -0.123. The fraction of sp³-hybridized carbons (Fsp3) is 0.636. The van der Waals surface area contributed by atoms with Crippen LogP contribution in [0.4, 0.5) is 5.13 Å². The Morgan fingerprint density at radius 2 is 1.79 bits per heavy atom. The summed E-state index contributed by atoms with van der Waals surface area (Å²) in [4.78, 5) is 22.7. The molecule has 1 fully saturated rings. The standard InChI is InChI=1S/C22H33N3OS.ClH/c1-5-24(6-2)14-15-25(21(26)18-10-8-7-9-11-18)22-23-20-17(4)16(3)12-13-19(20)27-22;/h12-13,18H,5-11,14-15H2,1-4H3;1H. The Kier molecular flexibility index (Phi) is 8.72. The fourth-order valence-corrected chi connectivity index (χ4v) is 5.04. The summed E-state index contributed by atoms with van der Waals surface area (Å²) in [6.07, 6.45) is 5.69. The number of hydrogen-bond donors (Lipinski definition) is 0. The summed E-state index contributed by atoms with van der Waals surface area (Å²) in [6.45, 7) is 12.3. The lowest BCUT2D eigenvalue weighted by Gasteiger charge is -2.29. The number of carbonyl (C=O) groups excluding carboxylic acids is 1. The molecule has 28 heavy (non-hydrogen) atoms. The fourth-order valence-electron chi connectivity index (χ4n) is 3.98. The van der Waals surface area contributed by atoms with E-state index in [-0.39, 0.29) is 24.2 Å². The van der Waals surface area contributed by atoms with Crippen LogP contribution in [0.1, 0.15) is 57.1 Å². The van der Waals surface area contributed by atoms with Crippen molar-refractivity contribution in [2.24, 2.45) is 5.92 Å². The first-order valence-corrected chi connectivity index (χ1v) is 11.3. The van der Waals surface area contributed by atoms with Gasteiger partial charge < -0.3 is 4.90 Å². The van der Waals surface area contributed by atoms with Crippen LogP contribution < -0.4 is 4.90 Å². The van der Waals surface area contributed by atoms with Crippen LogP contribution in [0, 0.1) is 19.8 Å². The van der Waals surface area contributed by atoms with E-state index in [9.17, 15) is 4.79 Å². The molecule has 0 radical (unpaired) electrons.